The van der Waals surface area contributed by atoms with Crippen molar-refractivity contribution in [2.24, 2.45) is 5.92 Å². The molecule has 0 aliphatic heterocycles. The third-order valence-corrected chi connectivity index (χ3v) is 4.16. The van der Waals surface area contributed by atoms with E-state index < -0.39 is 0 Å². The van der Waals surface area contributed by atoms with E-state index >= 15 is 0 Å². The van der Waals surface area contributed by atoms with E-state index in [9.17, 15) is 0 Å². The van der Waals surface area contributed by atoms with Gasteiger partial charge in [0.05, 0.1) is 6.54 Å². The second kappa shape index (κ2) is 6.33. The van der Waals surface area contributed by atoms with Gasteiger partial charge in [-0.05, 0) is 45.6 Å². The minimum absolute atomic E-state index is 0.693. The first-order chi connectivity index (χ1) is 9.08. The number of hydrogen-bond acceptors (Lipinski definition) is 4. The second-order valence-electron chi connectivity index (χ2n) is 5.89. The topological polar surface area (TPSA) is 41.1 Å². The molecular formula is C15H26N4. The molecule has 2 rings (SSSR count). The molecule has 1 aromatic heterocycles. The van der Waals surface area contributed by atoms with E-state index in [0.29, 0.717) is 6.04 Å². The fourth-order valence-corrected chi connectivity index (χ4v) is 2.86. The van der Waals surface area contributed by atoms with Crippen LogP contribution in [-0.2, 0) is 6.54 Å². The smallest absolute Gasteiger partial charge is 0.144 e. The van der Waals surface area contributed by atoms with E-state index in [2.05, 4.69) is 34.2 Å². The van der Waals surface area contributed by atoms with Crippen molar-refractivity contribution in [2.75, 3.05) is 19.4 Å². The van der Waals surface area contributed by atoms with Crippen molar-refractivity contribution >= 4 is 5.82 Å². The van der Waals surface area contributed by atoms with Crippen LogP contribution in [-0.4, -0.2) is 35.0 Å². The average Bonchev–Trinajstić information content (AvgIpc) is 2.38. The molecule has 4 heteroatoms. The molecule has 19 heavy (non-hydrogen) atoms. The summed E-state index contributed by atoms with van der Waals surface area (Å²) in [6, 6.07) is 2.67. The summed E-state index contributed by atoms with van der Waals surface area (Å²) in [6.45, 7) is 5.22. The minimum atomic E-state index is 0.693. The van der Waals surface area contributed by atoms with Crippen LogP contribution in [0.15, 0.2) is 6.07 Å². The molecule has 1 heterocycles. The highest BCUT2D eigenvalue weighted by Gasteiger charge is 2.22. The molecule has 1 aliphatic rings. The number of anilines is 1. The van der Waals surface area contributed by atoms with Gasteiger partial charge in [-0.2, -0.15) is 0 Å². The molecule has 0 bridgehead atoms. The molecule has 1 saturated carbocycles. The van der Waals surface area contributed by atoms with Crippen molar-refractivity contribution in [3.63, 3.8) is 0 Å². The van der Waals surface area contributed by atoms with Crippen molar-refractivity contribution in [1.29, 1.82) is 0 Å². The number of nitrogens with one attached hydrogen (secondary N) is 1. The lowest BCUT2D eigenvalue weighted by Gasteiger charge is -2.33. The monoisotopic (exact) mass is 262 g/mol. The molecule has 1 fully saturated rings. The zero-order valence-electron chi connectivity index (χ0n) is 12.6. The maximum atomic E-state index is 4.54. The predicted octanol–water partition coefficient (Wildman–Crippen LogP) is 2.84. The normalized spacial score (nSPS) is 23.6. The van der Waals surface area contributed by atoms with Gasteiger partial charge in [0, 0.05) is 24.8 Å². The molecule has 0 atom stereocenters. The summed E-state index contributed by atoms with van der Waals surface area (Å²) >= 11 is 0. The highest BCUT2D eigenvalue weighted by Crippen LogP contribution is 2.27. The van der Waals surface area contributed by atoms with Crippen molar-refractivity contribution in [1.82, 2.24) is 14.9 Å². The van der Waals surface area contributed by atoms with Crippen LogP contribution in [0.25, 0.3) is 0 Å². The van der Waals surface area contributed by atoms with Gasteiger partial charge in [0.2, 0.25) is 0 Å². The van der Waals surface area contributed by atoms with Gasteiger partial charge in [-0.15, -0.1) is 0 Å². The fourth-order valence-electron chi connectivity index (χ4n) is 2.86. The summed E-state index contributed by atoms with van der Waals surface area (Å²) in [4.78, 5) is 11.5. The van der Waals surface area contributed by atoms with Gasteiger partial charge < -0.3 is 5.32 Å². The maximum Gasteiger partial charge on any atom is 0.144 e. The third-order valence-electron chi connectivity index (χ3n) is 4.16. The number of rotatable bonds is 4. The first-order valence-electron chi connectivity index (χ1n) is 7.31. The Kier molecular flexibility index (Phi) is 4.75. The summed E-state index contributed by atoms with van der Waals surface area (Å²) in [5, 5.41) is 3.10. The summed E-state index contributed by atoms with van der Waals surface area (Å²) in [6.07, 6.45) is 5.32. The molecule has 0 radical (unpaired) electrons. The number of aryl methyl sites for hydroxylation is 1. The van der Waals surface area contributed by atoms with Crippen LogP contribution in [0.5, 0.6) is 0 Å². The average molecular weight is 262 g/mol. The molecule has 0 saturated heterocycles. The lowest BCUT2D eigenvalue weighted by molar-refractivity contribution is 0.161. The molecule has 106 valence electrons. The Balaban J connectivity index is 1.98. The SMILES string of the molecule is CNc1cc(C)nc(CN(C)C2CCC(C)CC2)n1. The van der Waals surface area contributed by atoms with Gasteiger partial charge in [-0.1, -0.05) is 6.92 Å². The highest BCUT2D eigenvalue weighted by molar-refractivity contribution is 5.34. The van der Waals surface area contributed by atoms with Crippen molar-refractivity contribution in [3.05, 3.63) is 17.6 Å². The summed E-state index contributed by atoms with van der Waals surface area (Å²) in [5.41, 5.74) is 1.03. The molecule has 0 unspecified atom stereocenters. The van der Waals surface area contributed by atoms with E-state index in [0.717, 1.165) is 29.8 Å². The molecule has 1 aromatic rings. The standard InChI is InChI=1S/C15H26N4/c1-11-5-7-13(8-6-11)19(4)10-15-17-12(2)9-14(16-3)18-15/h9,11,13H,5-8,10H2,1-4H3,(H,16,17,18). The maximum absolute atomic E-state index is 4.54. The van der Waals surface area contributed by atoms with Crippen LogP contribution in [0.2, 0.25) is 0 Å². The quantitative estimate of drug-likeness (QED) is 0.906. The molecule has 1 aliphatic carbocycles. The van der Waals surface area contributed by atoms with Gasteiger partial charge in [-0.25, -0.2) is 9.97 Å². The van der Waals surface area contributed by atoms with Gasteiger partial charge in [0.25, 0.3) is 0 Å². The fraction of sp³-hybridized carbons (Fsp3) is 0.733. The van der Waals surface area contributed by atoms with E-state index in [4.69, 9.17) is 0 Å². The molecule has 4 nitrogen and oxygen atoms in total. The Hall–Kier alpha value is -1.16. The largest absolute Gasteiger partial charge is 0.373 e. The predicted molar refractivity (Wildman–Crippen MR) is 79.2 cm³/mol. The molecule has 0 amide bonds. The highest BCUT2D eigenvalue weighted by atomic mass is 15.2. The number of hydrogen-bond donors (Lipinski definition) is 1. The van der Waals surface area contributed by atoms with Gasteiger partial charge in [-0.3, -0.25) is 4.90 Å². The number of aromatic nitrogens is 2. The zero-order chi connectivity index (χ0) is 13.8. The van der Waals surface area contributed by atoms with E-state index in [-0.39, 0.29) is 0 Å². The van der Waals surface area contributed by atoms with E-state index in [1.54, 1.807) is 0 Å². The van der Waals surface area contributed by atoms with Crippen LogP contribution in [0.1, 0.15) is 44.1 Å². The first-order valence-corrected chi connectivity index (χ1v) is 7.31. The Morgan fingerprint density at radius 3 is 2.58 bits per heavy atom. The Morgan fingerprint density at radius 2 is 1.95 bits per heavy atom. The van der Waals surface area contributed by atoms with Crippen LogP contribution in [0, 0.1) is 12.8 Å². The number of nitrogens with zero attached hydrogens (tertiary/aromatic N) is 3. The Bertz CT molecular complexity index is 411. The van der Waals surface area contributed by atoms with E-state index in [1.165, 1.54) is 25.7 Å². The minimum Gasteiger partial charge on any atom is -0.373 e. The second-order valence-corrected chi connectivity index (χ2v) is 5.89. The summed E-state index contributed by atoms with van der Waals surface area (Å²) in [7, 11) is 4.10. The van der Waals surface area contributed by atoms with Crippen LogP contribution < -0.4 is 5.32 Å². The summed E-state index contributed by atoms with van der Waals surface area (Å²) in [5.74, 6) is 2.73. The lowest BCUT2D eigenvalue weighted by atomic mass is 9.87. The Labute approximate surface area is 116 Å². The summed E-state index contributed by atoms with van der Waals surface area (Å²) < 4.78 is 0. The zero-order valence-corrected chi connectivity index (χ0v) is 12.6. The molecule has 1 N–H and O–H groups in total. The van der Waals surface area contributed by atoms with Crippen molar-refractivity contribution in [3.8, 4) is 0 Å². The third kappa shape index (κ3) is 3.90. The van der Waals surface area contributed by atoms with E-state index in [1.807, 2.05) is 20.0 Å². The molecule has 0 aromatic carbocycles. The molecule has 0 spiro atoms. The van der Waals surface area contributed by atoms with Gasteiger partial charge in [0.15, 0.2) is 0 Å². The van der Waals surface area contributed by atoms with Crippen LogP contribution >= 0.6 is 0 Å². The van der Waals surface area contributed by atoms with Crippen LogP contribution in [0.4, 0.5) is 5.82 Å². The lowest BCUT2D eigenvalue weighted by Crippen LogP contribution is -2.34. The Morgan fingerprint density at radius 1 is 1.26 bits per heavy atom. The van der Waals surface area contributed by atoms with Gasteiger partial charge in [0.1, 0.15) is 11.6 Å². The first kappa shape index (κ1) is 14.3. The van der Waals surface area contributed by atoms with Gasteiger partial charge >= 0.3 is 0 Å². The van der Waals surface area contributed by atoms with Crippen molar-refractivity contribution in [2.45, 2.75) is 52.1 Å². The molecular weight excluding hydrogens is 236 g/mol. The van der Waals surface area contributed by atoms with Crippen LogP contribution in [0.3, 0.4) is 0 Å². The van der Waals surface area contributed by atoms with Crippen molar-refractivity contribution < 1.29 is 0 Å².